The van der Waals surface area contributed by atoms with Crippen molar-refractivity contribution in [3.8, 4) is 17.0 Å². The number of carbonyl (C=O) groups excluding carboxylic acids is 2. The van der Waals surface area contributed by atoms with Crippen LogP contribution in [0.1, 0.15) is 16.1 Å². The van der Waals surface area contributed by atoms with E-state index in [1.165, 1.54) is 18.4 Å². The molecule has 0 aliphatic carbocycles. The summed E-state index contributed by atoms with van der Waals surface area (Å²) in [6.45, 7) is 1.53. The molecule has 2 aromatic heterocycles. The Morgan fingerprint density at radius 3 is 2.72 bits per heavy atom. The first kappa shape index (κ1) is 21.8. The van der Waals surface area contributed by atoms with E-state index in [1.54, 1.807) is 55.0 Å². The highest BCUT2D eigenvalue weighted by Gasteiger charge is 2.23. The number of aromatic nitrogens is 2. The molecule has 0 atom stereocenters. The van der Waals surface area contributed by atoms with Gasteiger partial charge in [-0.15, -0.1) is 0 Å². The topological polar surface area (TPSA) is 95.9 Å². The van der Waals surface area contributed by atoms with E-state index in [0.717, 1.165) is 10.2 Å². The summed E-state index contributed by atoms with van der Waals surface area (Å²) in [5.41, 5.74) is 1.80. The fourth-order valence-corrected chi connectivity index (χ4v) is 4.50. The van der Waals surface area contributed by atoms with Crippen molar-refractivity contribution in [1.82, 2.24) is 9.72 Å². The first-order chi connectivity index (χ1) is 15.4. The van der Waals surface area contributed by atoms with Crippen molar-refractivity contribution in [2.75, 3.05) is 14.2 Å². The third-order valence-corrected chi connectivity index (χ3v) is 6.18. The SMILES string of the molecule is COC(=O)Cn1c(=NC(=O)c2c(-c3ccccc3Cl)noc2C)sc2cc(OC)ccc21. The van der Waals surface area contributed by atoms with Crippen molar-refractivity contribution < 1.29 is 23.6 Å². The molecule has 0 N–H and O–H groups in total. The Kier molecular flexibility index (Phi) is 6.11. The number of ether oxygens (including phenoxy) is 2. The Morgan fingerprint density at radius 1 is 1.22 bits per heavy atom. The zero-order valence-electron chi connectivity index (χ0n) is 17.4. The van der Waals surface area contributed by atoms with Crippen molar-refractivity contribution in [2.24, 2.45) is 4.99 Å². The summed E-state index contributed by atoms with van der Waals surface area (Å²) in [4.78, 5) is 29.9. The predicted octanol–water partition coefficient (Wildman–Crippen LogP) is 4.24. The van der Waals surface area contributed by atoms with Crippen LogP contribution in [0.3, 0.4) is 0 Å². The van der Waals surface area contributed by atoms with Gasteiger partial charge in [0.05, 0.1) is 29.5 Å². The van der Waals surface area contributed by atoms with Crippen LogP contribution in [0.25, 0.3) is 21.5 Å². The van der Waals surface area contributed by atoms with Crippen molar-refractivity contribution in [3.63, 3.8) is 0 Å². The highest BCUT2D eigenvalue weighted by Crippen LogP contribution is 2.31. The minimum absolute atomic E-state index is 0.102. The van der Waals surface area contributed by atoms with Gasteiger partial charge in [-0.3, -0.25) is 9.59 Å². The molecule has 0 fully saturated rings. The fraction of sp³-hybridized carbons (Fsp3) is 0.182. The van der Waals surface area contributed by atoms with E-state index < -0.39 is 11.9 Å². The number of thiazole rings is 1. The number of amides is 1. The molecule has 2 heterocycles. The smallest absolute Gasteiger partial charge is 0.325 e. The zero-order valence-corrected chi connectivity index (χ0v) is 19.0. The Balaban J connectivity index is 1.87. The average Bonchev–Trinajstić information content (AvgIpc) is 3.33. The molecule has 1 amide bonds. The van der Waals surface area contributed by atoms with Crippen LogP contribution in [-0.4, -0.2) is 35.8 Å². The van der Waals surface area contributed by atoms with Gasteiger partial charge in [-0.05, 0) is 31.2 Å². The molecule has 0 radical (unpaired) electrons. The Morgan fingerprint density at radius 2 is 2.00 bits per heavy atom. The Hall–Kier alpha value is -3.43. The Bertz CT molecular complexity index is 1400. The molecule has 8 nitrogen and oxygen atoms in total. The van der Waals surface area contributed by atoms with Gasteiger partial charge in [0.25, 0.3) is 5.91 Å². The van der Waals surface area contributed by atoms with Crippen LogP contribution in [0, 0.1) is 6.92 Å². The van der Waals surface area contributed by atoms with Gasteiger partial charge in [0.15, 0.2) is 4.80 Å². The highest BCUT2D eigenvalue weighted by molar-refractivity contribution is 7.16. The third-order valence-electron chi connectivity index (χ3n) is 4.81. The first-order valence-corrected chi connectivity index (χ1v) is 10.7. The molecule has 2 aromatic carbocycles. The van der Waals surface area contributed by atoms with Gasteiger partial charge in [0, 0.05) is 5.56 Å². The second kappa shape index (κ2) is 8.97. The number of methoxy groups -OCH3 is 2. The molecule has 0 aliphatic heterocycles. The molecule has 0 bridgehead atoms. The van der Waals surface area contributed by atoms with Crippen LogP contribution in [-0.2, 0) is 16.1 Å². The lowest BCUT2D eigenvalue weighted by atomic mass is 10.1. The number of hydrogen-bond donors (Lipinski definition) is 0. The van der Waals surface area contributed by atoms with Gasteiger partial charge in [-0.1, -0.05) is 46.3 Å². The lowest BCUT2D eigenvalue weighted by Gasteiger charge is -2.05. The average molecular weight is 472 g/mol. The van der Waals surface area contributed by atoms with Crippen LogP contribution in [0.15, 0.2) is 52.0 Å². The van der Waals surface area contributed by atoms with Crippen molar-refractivity contribution in [1.29, 1.82) is 0 Å². The summed E-state index contributed by atoms with van der Waals surface area (Å²) < 4.78 is 17.8. The number of esters is 1. The quantitative estimate of drug-likeness (QED) is 0.404. The number of rotatable bonds is 5. The molecule has 0 spiro atoms. The van der Waals surface area contributed by atoms with Gasteiger partial charge in [-0.25, -0.2) is 0 Å². The molecule has 0 saturated heterocycles. The van der Waals surface area contributed by atoms with Crippen LogP contribution in [0.4, 0.5) is 0 Å². The summed E-state index contributed by atoms with van der Waals surface area (Å²) in [5.74, 6) is -0.0585. The number of aryl methyl sites for hydroxylation is 1. The summed E-state index contributed by atoms with van der Waals surface area (Å²) in [5, 5.41) is 4.46. The van der Waals surface area contributed by atoms with Crippen LogP contribution < -0.4 is 9.54 Å². The lowest BCUT2D eigenvalue weighted by Crippen LogP contribution is -2.22. The molecule has 0 saturated carbocycles. The minimum Gasteiger partial charge on any atom is -0.497 e. The van der Waals surface area contributed by atoms with Crippen molar-refractivity contribution in [2.45, 2.75) is 13.5 Å². The van der Waals surface area contributed by atoms with E-state index in [2.05, 4.69) is 10.1 Å². The Labute approximate surface area is 191 Å². The number of carbonyl (C=O) groups is 2. The minimum atomic E-state index is -0.559. The molecule has 164 valence electrons. The van der Waals surface area contributed by atoms with Gasteiger partial charge in [-0.2, -0.15) is 4.99 Å². The number of nitrogens with zero attached hydrogens (tertiary/aromatic N) is 3. The molecule has 0 unspecified atom stereocenters. The van der Waals surface area contributed by atoms with Crippen molar-refractivity contribution in [3.05, 3.63) is 63.6 Å². The number of benzene rings is 2. The van der Waals surface area contributed by atoms with E-state index in [-0.39, 0.29) is 12.1 Å². The largest absolute Gasteiger partial charge is 0.497 e. The predicted molar refractivity (Wildman–Crippen MR) is 120 cm³/mol. The number of fused-ring (bicyclic) bond motifs is 1. The second-order valence-corrected chi connectivity index (χ2v) is 8.16. The van der Waals surface area contributed by atoms with Gasteiger partial charge >= 0.3 is 5.97 Å². The summed E-state index contributed by atoms with van der Waals surface area (Å²) >= 11 is 7.55. The summed E-state index contributed by atoms with van der Waals surface area (Å²) in [7, 11) is 2.87. The molecule has 4 rings (SSSR count). The lowest BCUT2D eigenvalue weighted by molar-refractivity contribution is -0.141. The van der Waals surface area contributed by atoms with Crippen molar-refractivity contribution >= 4 is 45.0 Å². The molecule has 4 aromatic rings. The normalized spacial score (nSPS) is 11.7. The van der Waals surface area contributed by atoms with Gasteiger partial charge < -0.3 is 18.6 Å². The van der Waals surface area contributed by atoms with Gasteiger partial charge in [0.1, 0.15) is 29.3 Å². The zero-order chi connectivity index (χ0) is 22.8. The number of hydrogen-bond acceptors (Lipinski definition) is 7. The second-order valence-electron chi connectivity index (χ2n) is 6.74. The number of halogens is 1. The highest BCUT2D eigenvalue weighted by atomic mass is 35.5. The molecule has 0 aliphatic rings. The summed E-state index contributed by atoms with van der Waals surface area (Å²) in [6, 6.07) is 12.4. The molecule has 32 heavy (non-hydrogen) atoms. The molecular formula is C22H18ClN3O5S. The first-order valence-electron chi connectivity index (χ1n) is 9.47. The van der Waals surface area contributed by atoms with Crippen LogP contribution >= 0.6 is 22.9 Å². The monoisotopic (exact) mass is 471 g/mol. The van der Waals surface area contributed by atoms with Crippen LogP contribution in [0.5, 0.6) is 5.75 Å². The molecule has 10 heteroatoms. The molecular weight excluding hydrogens is 454 g/mol. The van der Waals surface area contributed by atoms with Gasteiger partial charge in [0.2, 0.25) is 0 Å². The van der Waals surface area contributed by atoms with E-state index >= 15 is 0 Å². The maximum absolute atomic E-state index is 13.3. The van der Waals surface area contributed by atoms with E-state index in [1.807, 2.05) is 6.07 Å². The van der Waals surface area contributed by atoms with E-state index in [0.29, 0.717) is 32.6 Å². The summed E-state index contributed by atoms with van der Waals surface area (Å²) in [6.07, 6.45) is 0. The maximum Gasteiger partial charge on any atom is 0.325 e. The maximum atomic E-state index is 13.3. The fourth-order valence-electron chi connectivity index (χ4n) is 3.22. The van der Waals surface area contributed by atoms with E-state index in [9.17, 15) is 9.59 Å². The van der Waals surface area contributed by atoms with Crippen LogP contribution in [0.2, 0.25) is 5.02 Å². The third kappa shape index (κ3) is 4.04. The van der Waals surface area contributed by atoms with E-state index in [4.69, 9.17) is 25.6 Å². The standard InChI is InChI=1S/C22H18ClN3O5S/c1-12-19(20(25-31-12)14-6-4-5-7-15(14)23)21(28)24-22-26(11-18(27)30-3)16-9-8-13(29-2)10-17(16)32-22/h4-10H,11H2,1-3H3.